The Morgan fingerprint density at radius 2 is 2.00 bits per heavy atom. The molecule has 0 unspecified atom stereocenters. The first-order chi connectivity index (χ1) is 20.2. The number of ketones is 1. The SMILES string of the molecule is CC(C)(O/N=C(\C(=O)C[C@@H]1C(=O)N2C(C(=O)O)=C(/C=N/OCc3cc(=O)c(O)cn3O)CS[C@H]12)c1csc(N)n1)C(=O)O. The first kappa shape index (κ1) is 31.0. The zero-order valence-corrected chi connectivity index (χ0v) is 24.0. The maximum atomic E-state index is 13.3. The van der Waals surface area contributed by atoms with Gasteiger partial charge in [-0.05, 0) is 13.8 Å². The third-order valence-electron chi connectivity index (χ3n) is 6.21. The highest BCUT2D eigenvalue weighted by molar-refractivity contribution is 8.00. The van der Waals surface area contributed by atoms with E-state index >= 15 is 0 Å². The highest BCUT2D eigenvalue weighted by atomic mass is 32.2. The van der Waals surface area contributed by atoms with Gasteiger partial charge in [-0.15, -0.1) is 23.1 Å². The topological polar surface area (TPSA) is 257 Å². The molecule has 1 fully saturated rings. The van der Waals surface area contributed by atoms with Gasteiger partial charge in [0.2, 0.25) is 16.9 Å². The number of pyridine rings is 1. The number of thiazole rings is 1. The Labute approximate surface area is 249 Å². The lowest BCUT2D eigenvalue weighted by atomic mass is 9.89. The lowest BCUT2D eigenvalue weighted by Crippen LogP contribution is -2.62. The van der Waals surface area contributed by atoms with Crippen LogP contribution in [0.1, 0.15) is 31.7 Å². The molecule has 2 aromatic heterocycles. The number of aromatic nitrogens is 2. The number of carboxylic acid groups (broad SMARTS) is 2. The van der Waals surface area contributed by atoms with Crippen molar-refractivity contribution in [1.82, 2.24) is 14.6 Å². The third-order valence-corrected chi connectivity index (χ3v) is 8.24. The molecule has 4 heterocycles. The van der Waals surface area contributed by atoms with Crippen molar-refractivity contribution in [3.05, 3.63) is 50.5 Å². The van der Waals surface area contributed by atoms with Gasteiger partial charge in [-0.3, -0.25) is 19.3 Å². The number of fused-ring (bicyclic) bond motifs is 1. The number of carbonyl (C=O) groups excluding carboxylic acids is 2. The highest BCUT2D eigenvalue weighted by Gasteiger charge is 2.54. The van der Waals surface area contributed by atoms with E-state index in [0.717, 1.165) is 34.7 Å². The minimum atomic E-state index is -1.78. The van der Waals surface area contributed by atoms with E-state index in [1.54, 1.807) is 0 Å². The number of rotatable bonds is 12. The number of carbonyl (C=O) groups is 4. The maximum absolute atomic E-state index is 13.3. The summed E-state index contributed by atoms with van der Waals surface area (Å²) < 4.78 is 0.466. The largest absolute Gasteiger partial charge is 0.503 e. The Kier molecular flexibility index (Phi) is 8.76. The van der Waals surface area contributed by atoms with E-state index in [1.807, 2.05) is 0 Å². The standard InChI is InChI=1S/C24H24N6O11S2/c1-24(2,22(37)38)41-28-17(13-9-43-23(25)27-13)15(32)4-12-19(34)30-18(21(35)36)10(8-42-20(12)30)5-26-40-7-11-3-14(31)16(33)6-29(11)39/h3,5-6,9,12,20,33,39H,4,7-8H2,1-2H3,(H2,25,27)(H,35,36)(H,37,38)/b26-5+,28-17-/t12-,20-/m1/s1. The summed E-state index contributed by atoms with van der Waals surface area (Å²) in [4.78, 5) is 76.6. The molecular weight excluding hydrogens is 612 g/mol. The number of anilines is 1. The van der Waals surface area contributed by atoms with Gasteiger partial charge < -0.3 is 35.9 Å². The number of hydrogen-bond acceptors (Lipinski definition) is 15. The van der Waals surface area contributed by atoms with Crippen molar-refractivity contribution in [2.45, 2.75) is 37.9 Å². The summed E-state index contributed by atoms with van der Waals surface area (Å²) in [6.07, 6.45) is 1.46. The number of nitrogens with zero attached hydrogens (tertiary/aromatic N) is 5. The van der Waals surface area contributed by atoms with Gasteiger partial charge in [0.1, 0.15) is 17.1 Å². The van der Waals surface area contributed by atoms with Crippen LogP contribution in [0.25, 0.3) is 0 Å². The molecule has 0 radical (unpaired) electrons. The Bertz CT molecular complexity index is 1640. The quantitative estimate of drug-likeness (QED) is 0.0917. The van der Waals surface area contributed by atoms with Crippen LogP contribution < -0.4 is 11.2 Å². The van der Waals surface area contributed by atoms with Crippen LogP contribution in [0.3, 0.4) is 0 Å². The van der Waals surface area contributed by atoms with E-state index < -0.39 is 64.7 Å². The number of β-lactam (4-membered cyclic amide) rings is 1. The van der Waals surface area contributed by atoms with E-state index in [4.69, 9.17) is 15.4 Å². The van der Waals surface area contributed by atoms with E-state index in [2.05, 4.69) is 15.3 Å². The first-order valence-corrected chi connectivity index (χ1v) is 14.1. The van der Waals surface area contributed by atoms with Gasteiger partial charge in [-0.2, -0.15) is 4.73 Å². The lowest BCUT2D eigenvalue weighted by molar-refractivity contribution is -0.161. The Hall–Kier alpha value is -4.91. The van der Waals surface area contributed by atoms with Crippen molar-refractivity contribution >= 4 is 63.8 Å². The first-order valence-electron chi connectivity index (χ1n) is 12.2. The van der Waals surface area contributed by atoms with Crippen molar-refractivity contribution in [3.63, 3.8) is 0 Å². The van der Waals surface area contributed by atoms with Crippen molar-refractivity contribution < 1.29 is 49.4 Å². The second-order valence-electron chi connectivity index (χ2n) is 9.61. The van der Waals surface area contributed by atoms with Gasteiger partial charge in [-0.1, -0.05) is 10.3 Å². The molecule has 6 N–H and O–H groups in total. The second-order valence-corrected chi connectivity index (χ2v) is 11.6. The number of thioether (sulfide) groups is 1. The molecule has 2 aliphatic heterocycles. The Balaban J connectivity index is 1.49. The average Bonchev–Trinajstić information content (AvgIpc) is 3.37. The number of carboxylic acids is 2. The van der Waals surface area contributed by atoms with Crippen LogP contribution in [0.4, 0.5) is 5.13 Å². The van der Waals surface area contributed by atoms with Crippen LogP contribution in [-0.4, -0.2) is 87.4 Å². The van der Waals surface area contributed by atoms with Gasteiger partial charge in [0.25, 0.3) is 0 Å². The zero-order chi connectivity index (χ0) is 31.6. The van der Waals surface area contributed by atoms with Gasteiger partial charge >= 0.3 is 11.9 Å². The number of nitrogens with two attached hydrogens (primary N) is 1. The van der Waals surface area contributed by atoms with E-state index in [-0.39, 0.29) is 39.3 Å². The Morgan fingerprint density at radius 3 is 2.63 bits per heavy atom. The van der Waals surface area contributed by atoms with Crippen molar-refractivity contribution in [2.24, 2.45) is 16.2 Å². The molecule has 0 saturated carbocycles. The molecule has 1 saturated heterocycles. The normalized spacial score (nSPS) is 18.8. The van der Waals surface area contributed by atoms with Gasteiger partial charge in [0.05, 0.1) is 23.7 Å². The van der Waals surface area contributed by atoms with Crippen LogP contribution in [0.5, 0.6) is 5.75 Å². The molecule has 2 aliphatic rings. The minimum absolute atomic E-state index is 0.0312. The number of aliphatic carboxylic acids is 2. The number of hydrogen-bond donors (Lipinski definition) is 5. The molecule has 0 bridgehead atoms. The van der Waals surface area contributed by atoms with Gasteiger partial charge in [-0.25, -0.2) is 14.6 Å². The smallest absolute Gasteiger partial charge is 0.353 e. The maximum Gasteiger partial charge on any atom is 0.353 e. The summed E-state index contributed by atoms with van der Waals surface area (Å²) in [6.45, 7) is 2.06. The van der Waals surface area contributed by atoms with Crippen LogP contribution in [-0.2, 0) is 35.5 Å². The van der Waals surface area contributed by atoms with Crippen LogP contribution in [0.2, 0.25) is 0 Å². The number of Topliss-reactive ketones (excluding diaryl/α,β-unsaturated/α-hetero) is 1. The molecule has 0 spiro atoms. The monoisotopic (exact) mass is 636 g/mol. The predicted octanol–water partition coefficient (Wildman–Crippen LogP) is 0.446. The molecule has 4 rings (SSSR count). The van der Waals surface area contributed by atoms with E-state index in [9.17, 15) is 44.5 Å². The summed E-state index contributed by atoms with van der Waals surface area (Å²) >= 11 is 2.19. The molecule has 1 amide bonds. The van der Waals surface area contributed by atoms with Crippen LogP contribution in [0.15, 0.2) is 44.0 Å². The summed E-state index contributed by atoms with van der Waals surface area (Å²) in [7, 11) is 0. The summed E-state index contributed by atoms with van der Waals surface area (Å²) in [5, 5.41) is 46.4. The van der Waals surface area contributed by atoms with E-state index in [0.29, 0.717) is 4.73 Å². The fraction of sp³-hybridized carbons (Fsp3) is 0.333. The second kappa shape index (κ2) is 12.1. The summed E-state index contributed by atoms with van der Waals surface area (Å²) in [5.41, 5.74) is 2.55. The molecule has 0 aliphatic carbocycles. The highest BCUT2D eigenvalue weighted by Crippen LogP contribution is 2.45. The summed E-state index contributed by atoms with van der Waals surface area (Å²) in [6, 6.07) is 0.923. The zero-order valence-electron chi connectivity index (χ0n) is 22.4. The molecule has 17 nitrogen and oxygen atoms in total. The minimum Gasteiger partial charge on any atom is -0.503 e. The third kappa shape index (κ3) is 6.46. The lowest BCUT2D eigenvalue weighted by Gasteiger charge is -2.49. The molecule has 43 heavy (non-hydrogen) atoms. The molecular formula is C24H24N6O11S2. The van der Waals surface area contributed by atoms with Crippen molar-refractivity contribution in [3.8, 4) is 5.75 Å². The Morgan fingerprint density at radius 1 is 1.28 bits per heavy atom. The van der Waals surface area contributed by atoms with Gasteiger partial charge in [0.15, 0.2) is 29.0 Å². The number of amides is 1. The van der Waals surface area contributed by atoms with Gasteiger partial charge in [0, 0.05) is 29.2 Å². The van der Waals surface area contributed by atoms with E-state index in [1.165, 1.54) is 31.0 Å². The molecule has 0 aromatic carbocycles. The predicted molar refractivity (Wildman–Crippen MR) is 150 cm³/mol. The van der Waals surface area contributed by atoms with Crippen LogP contribution >= 0.6 is 23.1 Å². The van der Waals surface area contributed by atoms with Crippen molar-refractivity contribution in [2.75, 3.05) is 11.5 Å². The molecule has 2 atom stereocenters. The summed E-state index contributed by atoms with van der Waals surface area (Å²) in [5.74, 6) is -5.61. The van der Waals surface area contributed by atoms with Crippen molar-refractivity contribution in [1.29, 1.82) is 0 Å². The molecule has 228 valence electrons. The number of aromatic hydroxyl groups is 1. The fourth-order valence-corrected chi connectivity index (χ4v) is 5.79. The number of oxime groups is 2. The average molecular weight is 637 g/mol. The number of nitrogen functional groups attached to an aromatic ring is 1. The molecule has 19 heteroatoms. The van der Waals surface area contributed by atoms with Crippen LogP contribution in [0, 0.1) is 5.92 Å². The fourth-order valence-electron chi connectivity index (χ4n) is 3.88. The molecule has 2 aromatic rings.